The van der Waals surface area contributed by atoms with Crippen LogP contribution in [0.4, 0.5) is 4.39 Å². The Morgan fingerprint density at radius 2 is 2.26 bits per heavy atom. The number of terminal acetylenes is 1. The molecule has 0 aromatic heterocycles. The number of ether oxygens (including phenoxy) is 1. The van der Waals surface area contributed by atoms with Crippen LogP contribution in [0.25, 0.3) is 0 Å². The Kier molecular flexibility index (Phi) is 5.34. The van der Waals surface area contributed by atoms with Gasteiger partial charge < -0.3 is 15.8 Å². The van der Waals surface area contributed by atoms with Crippen LogP contribution in [0.2, 0.25) is 0 Å². The highest BCUT2D eigenvalue weighted by Gasteiger charge is 2.16. The zero-order valence-electron chi connectivity index (χ0n) is 10.9. The summed E-state index contributed by atoms with van der Waals surface area (Å²) in [6, 6.07) is 4.15. The van der Waals surface area contributed by atoms with Crippen molar-refractivity contribution in [3.8, 4) is 18.1 Å². The maximum atomic E-state index is 13.7. The monoisotopic (exact) mass is 264 g/mol. The lowest BCUT2D eigenvalue weighted by atomic mass is 10.1. The van der Waals surface area contributed by atoms with Crippen LogP contribution in [0.1, 0.15) is 25.5 Å². The minimum Gasteiger partial charge on any atom is -0.478 e. The average molecular weight is 264 g/mol. The Balaban J connectivity index is 2.72. The zero-order chi connectivity index (χ0) is 14.4. The second-order valence-corrected chi connectivity index (χ2v) is 4.16. The van der Waals surface area contributed by atoms with E-state index < -0.39 is 17.8 Å². The van der Waals surface area contributed by atoms with Crippen molar-refractivity contribution < 1.29 is 13.9 Å². The van der Waals surface area contributed by atoms with Crippen molar-refractivity contribution in [2.75, 3.05) is 6.54 Å². The van der Waals surface area contributed by atoms with E-state index in [1.165, 1.54) is 19.1 Å². The van der Waals surface area contributed by atoms with Crippen LogP contribution in [0.3, 0.4) is 0 Å². The highest BCUT2D eigenvalue weighted by molar-refractivity contribution is 5.80. The van der Waals surface area contributed by atoms with Gasteiger partial charge in [0.25, 0.3) is 5.91 Å². The molecule has 1 amide bonds. The van der Waals surface area contributed by atoms with E-state index in [0.717, 1.165) is 0 Å². The molecule has 2 unspecified atom stereocenters. The largest absolute Gasteiger partial charge is 0.478 e. The first kappa shape index (κ1) is 15.0. The predicted molar refractivity (Wildman–Crippen MR) is 70.9 cm³/mol. The summed E-state index contributed by atoms with van der Waals surface area (Å²) in [6.07, 6.45) is 4.19. The molecule has 0 radical (unpaired) electrons. The van der Waals surface area contributed by atoms with E-state index >= 15 is 0 Å². The average Bonchev–Trinajstić information content (AvgIpc) is 2.37. The van der Waals surface area contributed by atoms with Crippen LogP contribution in [-0.4, -0.2) is 18.6 Å². The molecule has 0 saturated heterocycles. The van der Waals surface area contributed by atoms with Gasteiger partial charge in [0, 0.05) is 6.04 Å². The van der Waals surface area contributed by atoms with Gasteiger partial charge in [0.15, 0.2) is 17.7 Å². The standard InChI is InChI=1S/C14H17FN2O2/c1-4-7-17-14(18)10(3)19-13-6-5-11(9(2)16)8-12(13)15/h1,5-6,8-10H,7,16H2,2-3H3,(H,17,18). The molecule has 1 aromatic carbocycles. The summed E-state index contributed by atoms with van der Waals surface area (Å²) in [5.41, 5.74) is 6.31. The summed E-state index contributed by atoms with van der Waals surface area (Å²) < 4.78 is 19.0. The second kappa shape index (κ2) is 6.76. The number of nitrogens with one attached hydrogen (secondary N) is 1. The summed E-state index contributed by atoms with van der Waals surface area (Å²) in [7, 11) is 0. The fourth-order valence-electron chi connectivity index (χ4n) is 1.42. The number of rotatable bonds is 5. The molecule has 0 aliphatic heterocycles. The Bertz CT molecular complexity index is 495. The molecular formula is C14H17FN2O2. The van der Waals surface area contributed by atoms with Gasteiger partial charge in [0.1, 0.15) is 0 Å². The van der Waals surface area contributed by atoms with Gasteiger partial charge in [-0.25, -0.2) is 4.39 Å². The van der Waals surface area contributed by atoms with Gasteiger partial charge in [-0.3, -0.25) is 4.79 Å². The first-order valence-corrected chi connectivity index (χ1v) is 5.88. The van der Waals surface area contributed by atoms with Crippen molar-refractivity contribution in [3.63, 3.8) is 0 Å². The van der Waals surface area contributed by atoms with Crippen LogP contribution in [0.5, 0.6) is 5.75 Å². The molecule has 1 rings (SSSR count). The lowest BCUT2D eigenvalue weighted by Crippen LogP contribution is -2.36. The van der Waals surface area contributed by atoms with Crippen molar-refractivity contribution in [1.29, 1.82) is 0 Å². The third-order valence-electron chi connectivity index (χ3n) is 2.52. The van der Waals surface area contributed by atoms with E-state index in [4.69, 9.17) is 16.9 Å². The molecule has 0 fully saturated rings. The van der Waals surface area contributed by atoms with Crippen molar-refractivity contribution in [1.82, 2.24) is 5.32 Å². The Morgan fingerprint density at radius 3 is 2.79 bits per heavy atom. The van der Waals surface area contributed by atoms with Gasteiger partial charge in [0.2, 0.25) is 0 Å². The molecule has 0 bridgehead atoms. The molecule has 102 valence electrons. The maximum Gasteiger partial charge on any atom is 0.261 e. The number of nitrogens with two attached hydrogens (primary N) is 1. The van der Waals surface area contributed by atoms with Gasteiger partial charge in [0.05, 0.1) is 6.54 Å². The van der Waals surface area contributed by atoms with Crippen molar-refractivity contribution in [2.24, 2.45) is 5.73 Å². The molecule has 0 saturated carbocycles. The molecule has 0 aliphatic rings. The molecule has 3 N–H and O–H groups in total. The van der Waals surface area contributed by atoms with E-state index in [0.29, 0.717) is 5.56 Å². The predicted octanol–water partition coefficient (Wildman–Crippen LogP) is 1.36. The maximum absolute atomic E-state index is 13.7. The molecule has 19 heavy (non-hydrogen) atoms. The first-order valence-electron chi connectivity index (χ1n) is 5.88. The zero-order valence-corrected chi connectivity index (χ0v) is 10.9. The van der Waals surface area contributed by atoms with E-state index in [1.807, 2.05) is 0 Å². The van der Waals surface area contributed by atoms with Gasteiger partial charge in [-0.2, -0.15) is 0 Å². The molecule has 0 aliphatic carbocycles. The minimum atomic E-state index is -0.830. The normalized spacial score (nSPS) is 13.2. The van der Waals surface area contributed by atoms with Crippen LogP contribution >= 0.6 is 0 Å². The summed E-state index contributed by atoms with van der Waals surface area (Å²) in [5.74, 6) is 1.34. The highest BCUT2D eigenvalue weighted by Crippen LogP contribution is 2.22. The van der Waals surface area contributed by atoms with Crippen molar-refractivity contribution >= 4 is 5.91 Å². The Labute approximate surface area is 112 Å². The summed E-state index contributed by atoms with van der Waals surface area (Å²) in [5, 5.41) is 2.46. The molecule has 2 atom stereocenters. The second-order valence-electron chi connectivity index (χ2n) is 4.16. The molecule has 0 heterocycles. The van der Waals surface area contributed by atoms with Gasteiger partial charge in [-0.05, 0) is 31.5 Å². The number of amides is 1. The number of carbonyl (C=O) groups excluding carboxylic acids is 1. The van der Waals surface area contributed by atoms with Gasteiger partial charge >= 0.3 is 0 Å². The van der Waals surface area contributed by atoms with Gasteiger partial charge in [-0.15, -0.1) is 6.42 Å². The van der Waals surface area contributed by atoms with E-state index in [1.54, 1.807) is 13.0 Å². The molecule has 4 nitrogen and oxygen atoms in total. The quantitative estimate of drug-likeness (QED) is 0.789. The van der Waals surface area contributed by atoms with E-state index in [-0.39, 0.29) is 18.3 Å². The van der Waals surface area contributed by atoms with E-state index in [2.05, 4.69) is 11.2 Å². The smallest absolute Gasteiger partial charge is 0.261 e. The summed E-state index contributed by atoms with van der Waals surface area (Å²) >= 11 is 0. The van der Waals surface area contributed by atoms with E-state index in [9.17, 15) is 9.18 Å². The van der Waals surface area contributed by atoms with Crippen LogP contribution < -0.4 is 15.8 Å². The first-order chi connectivity index (χ1) is 8.95. The molecule has 0 spiro atoms. The molecular weight excluding hydrogens is 247 g/mol. The lowest BCUT2D eigenvalue weighted by molar-refractivity contribution is -0.127. The Hall–Kier alpha value is -2.06. The molecule has 1 aromatic rings. The fraction of sp³-hybridized carbons (Fsp3) is 0.357. The van der Waals surface area contributed by atoms with Crippen LogP contribution in [-0.2, 0) is 4.79 Å². The van der Waals surface area contributed by atoms with Crippen molar-refractivity contribution in [3.05, 3.63) is 29.6 Å². The number of benzene rings is 1. The summed E-state index contributed by atoms with van der Waals surface area (Å²) in [4.78, 5) is 11.5. The fourth-order valence-corrected chi connectivity index (χ4v) is 1.42. The van der Waals surface area contributed by atoms with Crippen molar-refractivity contribution in [2.45, 2.75) is 26.0 Å². The number of hydrogen-bond donors (Lipinski definition) is 2. The Morgan fingerprint density at radius 1 is 1.58 bits per heavy atom. The number of hydrogen-bond acceptors (Lipinski definition) is 3. The third kappa shape index (κ3) is 4.27. The minimum absolute atomic E-state index is 0.00718. The lowest BCUT2D eigenvalue weighted by Gasteiger charge is -2.15. The number of carbonyl (C=O) groups is 1. The van der Waals surface area contributed by atoms with Crippen LogP contribution in [0, 0.1) is 18.2 Å². The molecule has 5 heteroatoms. The topological polar surface area (TPSA) is 64.3 Å². The highest BCUT2D eigenvalue weighted by atomic mass is 19.1. The summed E-state index contributed by atoms with van der Waals surface area (Å²) in [6.45, 7) is 3.38. The SMILES string of the molecule is C#CCNC(=O)C(C)Oc1ccc(C(C)N)cc1F. The van der Waals surface area contributed by atoms with Crippen LogP contribution in [0.15, 0.2) is 18.2 Å². The van der Waals surface area contributed by atoms with Gasteiger partial charge in [-0.1, -0.05) is 12.0 Å². The number of halogens is 1. The third-order valence-corrected chi connectivity index (χ3v) is 2.52.